The second-order valence-corrected chi connectivity index (χ2v) is 13.1. The summed E-state index contributed by atoms with van der Waals surface area (Å²) in [4.78, 5) is 34.9. The van der Waals surface area contributed by atoms with Gasteiger partial charge in [0.1, 0.15) is 43.2 Å². The molecule has 0 aliphatic heterocycles. The molecular formula is C31H57O13P-2. The average Bonchev–Trinajstić information content (AvgIpc) is 3.01. The van der Waals surface area contributed by atoms with E-state index >= 15 is 0 Å². The summed E-state index contributed by atoms with van der Waals surface area (Å²) in [5.41, 5.74) is 0. The summed E-state index contributed by atoms with van der Waals surface area (Å²) in [5, 5.41) is 49.6. The number of hydrogen-bond acceptors (Lipinski definition) is 12. The van der Waals surface area contributed by atoms with Gasteiger partial charge in [-0.1, -0.05) is 77.0 Å². The van der Waals surface area contributed by atoms with Gasteiger partial charge in [0.05, 0.1) is 6.61 Å². The highest BCUT2D eigenvalue weighted by atomic mass is 31.2. The van der Waals surface area contributed by atoms with Crippen LogP contribution in [-0.2, 0) is 32.7 Å². The van der Waals surface area contributed by atoms with Crippen molar-refractivity contribution in [2.75, 3.05) is 13.2 Å². The maximum atomic E-state index is 12.6. The summed E-state index contributed by atoms with van der Waals surface area (Å²) >= 11 is 0. The molecule has 1 aliphatic carbocycles. The molecule has 1 saturated carbocycles. The Morgan fingerprint density at radius 1 is 0.600 bits per heavy atom. The topological polar surface area (TPSA) is 210 Å². The van der Waals surface area contributed by atoms with Gasteiger partial charge in [-0.05, 0) is 12.8 Å². The fraction of sp³-hybridized carbons (Fsp3) is 0.871. The molecule has 0 spiro atoms. The molecular weight excluding hydrogens is 611 g/mol. The standard InChI is InChI=1S/C31H57O13P/c1-3-5-7-9-10-11-12-13-14-16-18-20-25(33)43-23(21-41-24(32)19-17-15-8-6-4-2)22-42-45(39,40)44-31-29(37)27(35)26(34)28(36)30(31)38/h23,26-31,34-38H,1-22H2,(H,39,40)/q-2/t23-,26?,27-,28+,29+,30+,31?/m0/s1. The third-order valence-corrected chi connectivity index (χ3v) is 8.73. The smallest absolute Gasteiger partial charge is 0.462 e. The lowest BCUT2D eigenvalue weighted by Crippen LogP contribution is -2.64. The van der Waals surface area contributed by atoms with Crippen LogP contribution in [0, 0.1) is 13.8 Å². The van der Waals surface area contributed by atoms with Gasteiger partial charge in [-0.25, -0.2) is 4.57 Å². The lowest BCUT2D eigenvalue weighted by atomic mass is 9.85. The number of hydrogen-bond donors (Lipinski definition) is 6. The third kappa shape index (κ3) is 18.1. The van der Waals surface area contributed by atoms with Crippen molar-refractivity contribution in [2.45, 2.75) is 158 Å². The fourth-order valence-electron chi connectivity index (χ4n) is 4.96. The van der Waals surface area contributed by atoms with E-state index in [1.165, 1.54) is 32.1 Å². The molecule has 0 heterocycles. The summed E-state index contributed by atoms with van der Waals surface area (Å²) in [6.07, 6.45) is 2.82. The highest BCUT2D eigenvalue weighted by molar-refractivity contribution is 7.47. The Kier molecular flexibility index (Phi) is 22.4. The predicted octanol–water partition coefficient (Wildman–Crippen LogP) is 3.45. The van der Waals surface area contributed by atoms with Gasteiger partial charge in [0.15, 0.2) is 6.10 Å². The lowest BCUT2D eigenvalue weighted by molar-refractivity contribution is -0.220. The summed E-state index contributed by atoms with van der Waals surface area (Å²) in [6.45, 7) is 6.44. The number of unbranched alkanes of at least 4 members (excludes halogenated alkanes) is 14. The summed E-state index contributed by atoms with van der Waals surface area (Å²) < 4.78 is 32.9. The maximum absolute atomic E-state index is 12.6. The number of esters is 2. The van der Waals surface area contributed by atoms with E-state index in [9.17, 15) is 44.6 Å². The average molecular weight is 669 g/mol. The summed E-state index contributed by atoms with van der Waals surface area (Å²) in [7, 11) is -5.09. The van der Waals surface area contributed by atoms with Crippen LogP contribution in [0.5, 0.6) is 0 Å². The Morgan fingerprint density at radius 3 is 1.47 bits per heavy atom. The van der Waals surface area contributed by atoms with E-state index in [0.29, 0.717) is 12.8 Å². The molecule has 0 amide bonds. The Bertz CT molecular complexity index is 828. The first-order chi connectivity index (χ1) is 21.4. The fourth-order valence-corrected chi connectivity index (χ4v) is 5.93. The summed E-state index contributed by atoms with van der Waals surface area (Å²) in [5.74, 6) is -1.14. The second-order valence-electron chi connectivity index (χ2n) is 11.7. The van der Waals surface area contributed by atoms with Crippen LogP contribution in [0.25, 0.3) is 0 Å². The number of aliphatic hydroxyl groups is 5. The van der Waals surface area contributed by atoms with Gasteiger partial charge < -0.3 is 53.7 Å². The number of carbonyl (C=O) groups is 2. The van der Waals surface area contributed by atoms with Crippen molar-refractivity contribution < 1.29 is 63.1 Å². The van der Waals surface area contributed by atoms with Gasteiger partial charge in [0.2, 0.25) is 0 Å². The molecule has 14 heteroatoms. The monoisotopic (exact) mass is 668 g/mol. The second kappa shape index (κ2) is 24.1. The first kappa shape index (κ1) is 41.9. The molecule has 8 atom stereocenters. The molecule has 266 valence electrons. The Hall–Kier alpha value is -1.15. The predicted molar refractivity (Wildman–Crippen MR) is 165 cm³/mol. The first-order valence-corrected chi connectivity index (χ1v) is 17.9. The van der Waals surface area contributed by atoms with E-state index in [0.717, 1.165) is 57.8 Å². The minimum atomic E-state index is -5.09. The van der Waals surface area contributed by atoms with Crippen LogP contribution in [-0.4, -0.2) is 98.3 Å². The normalized spacial score (nSPS) is 25.4. The molecule has 0 aromatic carbocycles. The minimum Gasteiger partial charge on any atom is -0.462 e. The SMILES string of the molecule is [CH2-]CCCCCCCCCCCCC(=O)O[C@@H](COC(=O)CCCCCC[CH2-])COP(=O)(O)OC1[C@H](O)[C@H](O)C(O)[C@H](O)[C@H]1O. The third-order valence-electron chi connectivity index (χ3n) is 7.74. The molecule has 6 N–H and O–H groups in total. The van der Waals surface area contributed by atoms with Crippen LogP contribution in [0.3, 0.4) is 0 Å². The Morgan fingerprint density at radius 2 is 1.00 bits per heavy atom. The highest BCUT2D eigenvalue weighted by Gasteiger charge is 2.51. The minimum absolute atomic E-state index is 0.0909. The van der Waals surface area contributed by atoms with E-state index < -0.39 is 75.7 Å². The van der Waals surface area contributed by atoms with Crippen LogP contribution in [0.15, 0.2) is 0 Å². The Balaban J connectivity index is 2.58. The van der Waals surface area contributed by atoms with Crippen molar-refractivity contribution in [2.24, 2.45) is 0 Å². The van der Waals surface area contributed by atoms with Crippen LogP contribution < -0.4 is 0 Å². The van der Waals surface area contributed by atoms with Gasteiger partial charge in [-0.15, -0.1) is 0 Å². The van der Waals surface area contributed by atoms with Gasteiger partial charge in [0.25, 0.3) is 0 Å². The van der Waals surface area contributed by atoms with Crippen LogP contribution in [0.4, 0.5) is 0 Å². The first-order valence-electron chi connectivity index (χ1n) is 16.4. The van der Waals surface area contributed by atoms with Crippen molar-refractivity contribution in [3.63, 3.8) is 0 Å². The van der Waals surface area contributed by atoms with Crippen LogP contribution in [0.2, 0.25) is 0 Å². The van der Waals surface area contributed by atoms with Crippen molar-refractivity contribution >= 4 is 19.8 Å². The number of aliphatic hydroxyl groups excluding tert-OH is 5. The van der Waals surface area contributed by atoms with Crippen molar-refractivity contribution in [1.29, 1.82) is 0 Å². The van der Waals surface area contributed by atoms with E-state index in [2.05, 4.69) is 13.8 Å². The zero-order valence-electron chi connectivity index (χ0n) is 26.6. The van der Waals surface area contributed by atoms with Crippen LogP contribution >= 0.6 is 7.82 Å². The number of phosphoric ester groups is 1. The van der Waals surface area contributed by atoms with E-state index in [1.54, 1.807) is 0 Å². The molecule has 3 unspecified atom stereocenters. The molecule has 0 aromatic heterocycles. The molecule has 1 rings (SSSR count). The maximum Gasteiger partial charge on any atom is 0.472 e. The zero-order valence-corrected chi connectivity index (χ0v) is 27.5. The van der Waals surface area contributed by atoms with Gasteiger partial charge in [0, 0.05) is 12.8 Å². The van der Waals surface area contributed by atoms with E-state index in [-0.39, 0.29) is 12.8 Å². The number of rotatable bonds is 26. The Labute approximate surface area is 268 Å². The number of ether oxygens (including phenoxy) is 2. The molecule has 1 fully saturated rings. The van der Waals surface area contributed by atoms with Gasteiger partial charge >= 0.3 is 19.8 Å². The van der Waals surface area contributed by atoms with Crippen LogP contribution in [0.1, 0.15) is 116 Å². The number of phosphoric acid groups is 1. The van der Waals surface area contributed by atoms with Crippen molar-refractivity contribution in [1.82, 2.24) is 0 Å². The quantitative estimate of drug-likeness (QED) is 0.0338. The van der Waals surface area contributed by atoms with Gasteiger partial charge in [-0.2, -0.15) is 12.8 Å². The molecule has 45 heavy (non-hydrogen) atoms. The lowest BCUT2D eigenvalue weighted by Gasteiger charge is -2.41. The van der Waals surface area contributed by atoms with Gasteiger partial charge in [-0.3, -0.25) is 18.6 Å². The van der Waals surface area contributed by atoms with E-state index in [1.807, 2.05) is 0 Å². The largest absolute Gasteiger partial charge is 0.472 e. The molecule has 0 bridgehead atoms. The molecule has 13 nitrogen and oxygen atoms in total. The zero-order chi connectivity index (χ0) is 33.7. The van der Waals surface area contributed by atoms with Crippen molar-refractivity contribution in [3.8, 4) is 0 Å². The van der Waals surface area contributed by atoms with E-state index in [4.69, 9.17) is 18.5 Å². The summed E-state index contributed by atoms with van der Waals surface area (Å²) in [6, 6.07) is 0. The molecule has 0 radical (unpaired) electrons. The molecule has 1 aliphatic rings. The molecule has 0 saturated heterocycles. The highest BCUT2D eigenvalue weighted by Crippen LogP contribution is 2.47. The molecule has 0 aromatic rings. The number of carbonyl (C=O) groups excluding carboxylic acids is 2. The van der Waals surface area contributed by atoms with Crippen molar-refractivity contribution in [3.05, 3.63) is 13.8 Å².